The summed E-state index contributed by atoms with van der Waals surface area (Å²) in [6.07, 6.45) is 1.90. The molecular formula is C8H14N2O2. The van der Waals surface area contributed by atoms with Gasteiger partial charge in [0.25, 0.3) is 0 Å². The SMILES string of the molecule is C=C(CO)NC(=O)[C@@H]1CCCN1. The molecule has 0 aromatic rings. The third kappa shape index (κ3) is 2.32. The summed E-state index contributed by atoms with van der Waals surface area (Å²) in [6, 6.07) is -0.103. The fourth-order valence-corrected chi connectivity index (χ4v) is 1.21. The molecule has 1 saturated heterocycles. The molecule has 0 unspecified atom stereocenters. The second kappa shape index (κ2) is 4.23. The van der Waals surface area contributed by atoms with Crippen LogP contribution in [0.1, 0.15) is 12.8 Å². The molecule has 0 bridgehead atoms. The monoisotopic (exact) mass is 170 g/mol. The van der Waals surface area contributed by atoms with Crippen LogP contribution in [0.3, 0.4) is 0 Å². The van der Waals surface area contributed by atoms with Crippen LogP contribution in [0.25, 0.3) is 0 Å². The Balaban J connectivity index is 2.32. The average Bonchev–Trinajstić information content (AvgIpc) is 2.56. The van der Waals surface area contributed by atoms with Gasteiger partial charge in [-0.15, -0.1) is 0 Å². The molecule has 3 N–H and O–H groups in total. The molecule has 1 amide bonds. The first-order chi connectivity index (χ1) is 5.74. The average molecular weight is 170 g/mol. The van der Waals surface area contributed by atoms with E-state index in [-0.39, 0.29) is 18.6 Å². The minimum absolute atomic E-state index is 0.0912. The highest BCUT2D eigenvalue weighted by Gasteiger charge is 2.21. The summed E-state index contributed by atoms with van der Waals surface area (Å²) in [6.45, 7) is 4.17. The number of carbonyl (C=O) groups is 1. The molecule has 4 nitrogen and oxygen atoms in total. The second-order valence-corrected chi connectivity index (χ2v) is 2.90. The van der Waals surface area contributed by atoms with E-state index in [0.717, 1.165) is 19.4 Å². The molecule has 0 spiro atoms. The maximum atomic E-state index is 11.3. The molecule has 0 saturated carbocycles. The summed E-state index contributed by atoms with van der Waals surface area (Å²) in [5.41, 5.74) is 0.355. The Labute approximate surface area is 71.7 Å². The first-order valence-electron chi connectivity index (χ1n) is 4.07. The normalized spacial score (nSPS) is 22.2. The fourth-order valence-electron chi connectivity index (χ4n) is 1.21. The van der Waals surface area contributed by atoms with Gasteiger partial charge >= 0.3 is 0 Å². The van der Waals surface area contributed by atoms with E-state index in [9.17, 15) is 4.79 Å². The Morgan fingerprint density at radius 2 is 2.50 bits per heavy atom. The quantitative estimate of drug-likeness (QED) is 0.528. The Morgan fingerprint density at radius 3 is 3.00 bits per heavy atom. The Hall–Kier alpha value is -0.870. The van der Waals surface area contributed by atoms with Crippen molar-refractivity contribution in [2.24, 2.45) is 0 Å². The summed E-state index contributed by atoms with van der Waals surface area (Å²) in [5.74, 6) is -0.0912. The number of aliphatic hydroxyl groups is 1. The molecule has 0 aliphatic carbocycles. The van der Waals surface area contributed by atoms with Crippen LogP contribution in [-0.2, 0) is 4.79 Å². The van der Waals surface area contributed by atoms with Crippen molar-refractivity contribution >= 4 is 5.91 Å². The standard InChI is InChI=1S/C8H14N2O2/c1-6(5-11)10-8(12)7-3-2-4-9-7/h7,9,11H,1-5H2,(H,10,12)/t7-/m0/s1. The van der Waals surface area contributed by atoms with Crippen LogP contribution in [0, 0.1) is 0 Å². The van der Waals surface area contributed by atoms with Crippen molar-refractivity contribution in [3.05, 3.63) is 12.3 Å². The summed E-state index contributed by atoms with van der Waals surface area (Å²) < 4.78 is 0. The lowest BCUT2D eigenvalue weighted by atomic mass is 10.2. The highest BCUT2D eigenvalue weighted by atomic mass is 16.3. The number of hydrogen-bond acceptors (Lipinski definition) is 3. The van der Waals surface area contributed by atoms with E-state index < -0.39 is 0 Å². The molecule has 0 aromatic carbocycles. The van der Waals surface area contributed by atoms with Crippen molar-refractivity contribution in [1.29, 1.82) is 0 Å². The highest BCUT2D eigenvalue weighted by molar-refractivity contribution is 5.83. The van der Waals surface area contributed by atoms with E-state index >= 15 is 0 Å². The molecule has 1 aliphatic rings. The van der Waals surface area contributed by atoms with Crippen LogP contribution < -0.4 is 10.6 Å². The minimum Gasteiger partial charge on any atom is -0.390 e. The van der Waals surface area contributed by atoms with Crippen molar-refractivity contribution in [2.45, 2.75) is 18.9 Å². The third-order valence-corrected chi connectivity index (χ3v) is 1.87. The van der Waals surface area contributed by atoms with E-state index in [2.05, 4.69) is 17.2 Å². The molecule has 1 fully saturated rings. The number of rotatable bonds is 3. The summed E-state index contributed by atoms with van der Waals surface area (Å²) in [5, 5.41) is 14.2. The largest absolute Gasteiger partial charge is 0.390 e. The third-order valence-electron chi connectivity index (χ3n) is 1.87. The van der Waals surface area contributed by atoms with Crippen molar-refractivity contribution in [3.63, 3.8) is 0 Å². The van der Waals surface area contributed by atoms with Gasteiger partial charge in [0.1, 0.15) is 0 Å². The number of hydrogen-bond donors (Lipinski definition) is 3. The lowest BCUT2D eigenvalue weighted by Gasteiger charge is -2.10. The number of amides is 1. The maximum Gasteiger partial charge on any atom is 0.241 e. The predicted octanol–water partition coefficient (Wildman–Crippen LogP) is -0.639. The van der Waals surface area contributed by atoms with E-state index in [1.165, 1.54) is 0 Å². The summed E-state index contributed by atoms with van der Waals surface area (Å²) >= 11 is 0. The molecule has 0 aromatic heterocycles. The molecule has 1 aliphatic heterocycles. The van der Waals surface area contributed by atoms with Gasteiger partial charge in [0, 0.05) is 5.70 Å². The maximum absolute atomic E-state index is 11.3. The first kappa shape index (κ1) is 9.22. The minimum atomic E-state index is -0.196. The lowest BCUT2D eigenvalue weighted by molar-refractivity contribution is -0.122. The van der Waals surface area contributed by atoms with E-state index in [0.29, 0.717) is 5.70 Å². The molecule has 68 valence electrons. The van der Waals surface area contributed by atoms with Crippen molar-refractivity contribution < 1.29 is 9.90 Å². The van der Waals surface area contributed by atoms with Gasteiger partial charge < -0.3 is 15.7 Å². The molecule has 1 atom stereocenters. The predicted molar refractivity (Wildman–Crippen MR) is 45.4 cm³/mol. The first-order valence-corrected chi connectivity index (χ1v) is 4.07. The van der Waals surface area contributed by atoms with Gasteiger partial charge in [-0.05, 0) is 19.4 Å². The smallest absolute Gasteiger partial charge is 0.241 e. The van der Waals surface area contributed by atoms with Gasteiger partial charge in [-0.1, -0.05) is 6.58 Å². The van der Waals surface area contributed by atoms with Gasteiger partial charge in [0.05, 0.1) is 12.6 Å². The highest BCUT2D eigenvalue weighted by Crippen LogP contribution is 2.04. The van der Waals surface area contributed by atoms with Gasteiger partial charge in [-0.2, -0.15) is 0 Å². The number of nitrogens with one attached hydrogen (secondary N) is 2. The van der Waals surface area contributed by atoms with Gasteiger partial charge in [-0.25, -0.2) is 0 Å². The fraction of sp³-hybridized carbons (Fsp3) is 0.625. The zero-order valence-electron chi connectivity index (χ0n) is 6.97. The molecule has 0 radical (unpaired) electrons. The van der Waals surface area contributed by atoms with E-state index in [1.54, 1.807) is 0 Å². The molecule has 4 heteroatoms. The second-order valence-electron chi connectivity index (χ2n) is 2.90. The topological polar surface area (TPSA) is 61.4 Å². The molecule has 1 heterocycles. The van der Waals surface area contributed by atoms with E-state index in [1.807, 2.05) is 0 Å². The molecule has 1 rings (SSSR count). The van der Waals surface area contributed by atoms with Crippen LogP contribution in [0.2, 0.25) is 0 Å². The zero-order chi connectivity index (χ0) is 8.97. The van der Waals surface area contributed by atoms with Crippen molar-refractivity contribution in [2.75, 3.05) is 13.2 Å². The summed E-state index contributed by atoms with van der Waals surface area (Å²) in [4.78, 5) is 11.3. The van der Waals surface area contributed by atoms with E-state index in [4.69, 9.17) is 5.11 Å². The van der Waals surface area contributed by atoms with Crippen LogP contribution in [0.5, 0.6) is 0 Å². The Kier molecular flexibility index (Phi) is 3.25. The van der Waals surface area contributed by atoms with Crippen molar-refractivity contribution in [3.8, 4) is 0 Å². The van der Waals surface area contributed by atoms with Gasteiger partial charge in [0.2, 0.25) is 5.91 Å². The molecule has 12 heavy (non-hydrogen) atoms. The number of aliphatic hydroxyl groups excluding tert-OH is 1. The lowest BCUT2D eigenvalue weighted by Crippen LogP contribution is -2.40. The summed E-state index contributed by atoms with van der Waals surface area (Å²) in [7, 11) is 0. The van der Waals surface area contributed by atoms with Crippen LogP contribution in [0.4, 0.5) is 0 Å². The Bertz CT molecular complexity index is 185. The van der Waals surface area contributed by atoms with Crippen molar-refractivity contribution in [1.82, 2.24) is 10.6 Å². The van der Waals surface area contributed by atoms with Crippen LogP contribution in [-0.4, -0.2) is 30.2 Å². The Morgan fingerprint density at radius 1 is 1.75 bits per heavy atom. The zero-order valence-corrected chi connectivity index (χ0v) is 6.97. The van der Waals surface area contributed by atoms with Crippen LogP contribution >= 0.6 is 0 Å². The van der Waals surface area contributed by atoms with Gasteiger partial charge in [0.15, 0.2) is 0 Å². The van der Waals surface area contributed by atoms with Gasteiger partial charge in [-0.3, -0.25) is 4.79 Å². The van der Waals surface area contributed by atoms with Crippen LogP contribution in [0.15, 0.2) is 12.3 Å². The number of carbonyl (C=O) groups excluding carboxylic acids is 1. The molecular weight excluding hydrogens is 156 g/mol.